The molecule has 1 aromatic carbocycles. The molecule has 1 aromatic rings. The van der Waals surface area contributed by atoms with Crippen LogP contribution in [0.5, 0.6) is 0 Å². The molecule has 0 aromatic heterocycles. The molecule has 0 spiro atoms. The van der Waals surface area contributed by atoms with Crippen LogP contribution in [-0.4, -0.2) is 72.7 Å². The van der Waals surface area contributed by atoms with Gasteiger partial charge < -0.3 is 15.3 Å². The average molecular weight is 345 g/mol. The van der Waals surface area contributed by atoms with Gasteiger partial charge in [-0.05, 0) is 57.3 Å². The molecule has 1 saturated heterocycles. The Hall–Kier alpha value is -1.43. The second-order valence-corrected chi connectivity index (χ2v) is 7.68. The summed E-state index contributed by atoms with van der Waals surface area (Å²) in [4.78, 5) is 17.2. The molecule has 1 aliphatic carbocycles. The normalized spacial score (nSPS) is 26.5. The first-order valence-electron chi connectivity index (χ1n) is 9.52. The Balaban J connectivity index is 1.54. The van der Waals surface area contributed by atoms with E-state index in [1.54, 1.807) is 0 Å². The Morgan fingerprint density at radius 1 is 1.20 bits per heavy atom. The van der Waals surface area contributed by atoms with E-state index in [-0.39, 0.29) is 18.1 Å². The monoisotopic (exact) mass is 345 g/mol. The molecule has 0 radical (unpaired) electrons. The maximum absolute atomic E-state index is 12.6. The Morgan fingerprint density at radius 2 is 1.96 bits per heavy atom. The summed E-state index contributed by atoms with van der Waals surface area (Å²) >= 11 is 0. The van der Waals surface area contributed by atoms with Crippen LogP contribution < -0.4 is 5.32 Å². The van der Waals surface area contributed by atoms with Gasteiger partial charge in [0.25, 0.3) is 0 Å². The van der Waals surface area contributed by atoms with Crippen LogP contribution in [0.2, 0.25) is 0 Å². The van der Waals surface area contributed by atoms with Crippen LogP contribution >= 0.6 is 0 Å². The van der Waals surface area contributed by atoms with E-state index < -0.39 is 0 Å². The van der Waals surface area contributed by atoms with Crippen molar-refractivity contribution in [2.75, 3.05) is 39.8 Å². The summed E-state index contributed by atoms with van der Waals surface area (Å²) in [5, 5.41) is 12.9. The van der Waals surface area contributed by atoms with Gasteiger partial charge in [-0.25, -0.2) is 0 Å². The smallest absolute Gasteiger partial charge is 0.234 e. The van der Waals surface area contributed by atoms with Crippen LogP contribution in [0.15, 0.2) is 30.3 Å². The lowest BCUT2D eigenvalue weighted by molar-refractivity contribution is -0.124. The Morgan fingerprint density at radius 3 is 2.68 bits per heavy atom. The number of carbonyl (C=O) groups excluding carboxylic acids is 1. The van der Waals surface area contributed by atoms with Crippen LogP contribution in [-0.2, 0) is 11.2 Å². The Labute approximate surface area is 151 Å². The van der Waals surface area contributed by atoms with Gasteiger partial charge in [0.2, 0.25) is 5.91 Å². The molecule has 1 saturated carbocycles. The number of benzene rings is 1. The zero-order valence-corrected chi connectivity index (χ0v) is 15.2. The largest absolute Gasteiger partial charge is 0.393 e. The minimum atomic E-state index is -0.193. The fourth-order valence-electron chi connectivity index (χ4n) is 3.88. The number of hydrogen-bond donors (Lipinski definition) is 2. The number of nitrogens with zero attached hydrogens (tertiary/aromatic N) is 2. The summed E-state index contributed by atoms with van der Waals surface area (Å²) in [5.41, 5.74) is 1.24. The van der Waals surface area contributed by atoms with Crippen molar-refractivity contribution in [2.24, 2.45) is 5.92 Å². The fraction of sp³-hybridized carbons (Fsp3) is 0.650. The van der Waals surface area contributed by atoms with Crippen molar-refractivity contribution < 1.29 is 9.90 Å². The molecule has 2 fully saturated rings. The highest BCUT2D eigenvalue weighted by Crippen LogP contribution is 2.31. The molecular formula is C20H31N3O2. The molecule has 3 rings (SSSR count). The first-order valence-corrected chi connectivity index (χ1v) is 9.52. The van der Waals surface area contributed by atoms with Crippen molar-refractivity contribution in [3.05, 3.63) is 35.9 Å². The van der Waals surface area contributed by atoms with Gasteiger partial charge in [-0.3, -0.25) is 9.69 Å². The van der Waals surface area contributed by atoms with Crippen molar-refractivity contribution in [2.45, 2.75) is 37.8 Å². The van der Waals surface area contributed by atoms with Crippen LogP contribution in [0.25, 0.3) is 0 Å². The first-order chi connectivity index (χ1) is 12.1. The van der Waals surface area contributed by atoms with E-state index in [1.165, 1.54) is 5.56 Å². The number of aliphatic hydroxyl groups is 1. The van der Waals surface area contributed by atoms with E-state index in [1.807, 2.05) is 18.2 Å². The molecule has 1 aliphatic heterocycles. The third kappa shape index (κ3) is 5.53. The molecule has 5 heteroatoms. The van der Waals surface area contributed by atoms with Gasteiger partial charge in [-0.15, -0.1) is 0 Å². The molecule has 0 bridgehead atoms. The molecule has 1 atom stereocenters. The molecule has 1 unspecified atom stereocenters. The average Bonchev–Trinajstić information content (AvgIpc) is 2.77. The predicted molar refractivity (Wildman–Crippen MR) is 99.4 cm³/mol. The molecule has 1 amide bonds. The lowest BCUT2D eigenvalue weighted by Crippen LogP contribution is -2.50. The van der Waals surface area contributed by atoms with Gasteiger partial charge in [-0.2, -0.15) is 0 Å². The third-order valence-corrected chi connectivity index (χ3v) is 5.54. The molecule has 1 heterocycles. The predicted octanol–water partition coefficient (Wildman–Crippen LogP) is 1.12. The third-order valence-electron chi connectivity index (χ3n) is 5.54. The Bertz CT molecular complexity index is 545. The van der Waals surface area contributed by atoms with Gasteiger partial charge in [0.05, 0.1) is 12.6 Å². The van der Waals surface area contributed by atoms with Crippen molar-refractivity contribution in [3.8, 4) is 0 Å². The molecule has 138 valence electrons. The van der Waals surface area contributed by atoms with E-state index in [0.29, 0.717) is 12.5 Å². The maximum atomic E-state index is 12.6. The quantitative estimate of drug-likeness (QED) is 0.811. The van der Waals surface area contributed by atoms with Gasteiger partial charge >= 0.3 is 0 Å². The van der Waals surface area contributed by atoms with E-state index in [9.17, 15) is 9.90 Å². The number of rotatable bonds is 6. The number of likely N-dealkylation sites (N-methyl/N-ethyl adjacent to an activating group) is 1. The number of nitrogens with one attached hydrogen (secondary N) is 1. The van der Waals surface area contributed by atoms with Crippen LogP contribution in [0.3, 0.4) is 0 Å². The van der Waals surface area contributed by atoms with Crippen molar-refractivity contribution >= 4 is 5.91 Å². The van der Waals surface area contributed by atoms with Crippen molar-refractivity contribution in [1.82, 2.24) is 15.1 Å². The van der Waals surface area contributed by atoms with E-state index in [4.69, 9.17) is 0 Å². The highest BCUT2D eigenvalue weighted by Gasteiger charge is 2.34. The number of carbonyl (C=O) groups is 1. The Kier molecular flexibility index (Phi) is 6.45. The lowest BCUT2D eigenvalue weighted by Gasteiger charge is -2.38. The number of amides is 1. The summed E-state index contributed by atoms with van der Waals surface area (Å²) in [7, 11) is 2.14. The van der Waals surface area contributed by atoms with Crippen molar-refractivity contribution in [1.29, 1.82) is 0 Å². The van der Waals surface area contributed by atoms with E-state index in [2.05, 4.69) is 34.3 Å². The molecular weight excluding hydrogens is 314 g/mol. The number of aliphatic hydroxyl groups excluding tert-OH is 1. The summed E-state index contributed by atoms with van der Waals surface area (Å²) in [6.45, 7) is 4.55. The molecule has 2 N–H and O–H groups in total. The first kappa shape index (κ1) is 18.4. The second-order valence-electron chi connectivity index (χ2n) is 7.68. The summed E-state index contributed by atoms with van der Waals surface area (Å²) in [6.07, 6.45) is 3.36. The standard InChI is InChI=1S/C20H31N3O2/c1-22-8-5-9-23(11-10-22)15-20(25)21-19(17-13-18(24)14-17)12-16-6-3-2-4-7-16/h2-4,6-7,17-19,24H,5,8-15H2,1H3,(H,21,25). The molecule has 5 nitrogen and oxygen atoms in total. The van der Waals surface area contributed by atoms with Gasteiger partial charge in [-0.1, -0.05) is 30.3 Å². The zero-order chi connectivity index (χ0) is 17.6. The van der Waals surface area contributed by atoms with Gasteiger partial charge in [0.15, 0.2) is 0 Å². The zero-order valence-electron chi connectivity index (χ0n) is 15.2. The highest BCUT2D eigenvalue weighted by atomic mass is 16.3. The highest BCUT2D eigenvalue weighted by molar-refractivity contribution is 5.78. The van der Waals surface area contributed by atoms with Gasteiger partial charge in [0.1, 0.15) is 0 Å². The minimum absolute atomic E-state index is 0.117. The summed E-state index contributed by atoms with van der Waals surface area (Å²) < 4.78 is 0. The van der Waals surface area contributed by atoms with E-state index in [0.717, 1.165) is 51.9 Å². The second kappa shape index (κ2) is 8.79. The van der Waals surface area contributed by atoms with E-state index >= 15 is 0 Å². The minimum Gasteiger partial charge on any atom is -0.393 e. The lowest BCUT2D eigenvalue weighted by atomic mass is 9.75. The molecule has 25 heavy (non-hydrogen) atoms. The fourth-order valence-corrected chi connectivity index (χ4v) is 3.88. The van der Waals surface area contributed by atoms with Crippen LogP contribution in [0.1, 0.15) is 24.8 Å². The summed E-state index contributed by atoms with van der Waals surface area (Å²) in [6, 6.07) is 10.4. The van der Waals surface area contributed by atoms with Gasteiger partial charge in [0, 0.05) is 19.1 Å². The summed E-state index contributed by atoms with van der Waals surface area (Å²) in [5.74, 6) is 0.501. The SMILES string of the molecule is CN1CCCN(CC(=O)NC(Cc2ccccc2)C2CC(O)C2)CC1. The molecule has 2 aliphatic rings. The van der Waals surface area contributed by atoms with Crippen LogP contribution in [0, 0.1) is 5.92 Å². The number of hydrogen-bond acceptors (Lipinski definition) is 4. The maximum Gasteiger partial charge on any atom is 0.234 e. The van der Waals surface area contributed by atoms with Crippen molar-refractivity contribution in [3.63, 3.8) is 0 Å². The topological polar surface area (TPSA) is 55.8 Å². The van der Waals surface area contributed by atoms with Crippen LogP contribution in [0.4, 0.5) is 0 Å².